The zero-order valence-corrected chi connectivity index (χ0v) is 10.1. The van der Waals surface area contributed by atoms with E-state index in [1.54, 1.807) is 0 Å². The number of nitrogens with zero attached hydrogens (tertiary/aromatic N) is 1. The topological polar surface area (TPSA) is 87.5 Å². The Kier molecular flexibility index (Phi) is 2.47. The molecule has 2 rings (SSSR count). The number of H-pyrrole nitrogens is 1. The number of aromatic amines is 1. The van der Waals surface area contributed by atoms with Gasteiger partial charge in [0.25, 0.3) is 0 Å². The van der Waals surface area contributed by atoms with Crippen LogP contribution in [0.3, 0.4) is 0 Å². The molecule has 0 amide bonds. The third kappa shape index (κ3) is 2.01. The van der Waals surface area contributed by atoms with E-state index in [1.807, 2.05) is 0 Å². The zero-order chi connectivity index (χ0) is 16.2. The fraction of sp³-hybridized carbons (Fsp3) is 0.600. The van der Waals surface area contributed by atoms with E-state index >= 15 is 0 Å². The normalized spacial score (nSPS) is 39.1. The quantitative estimate of drug-likeness (QED) is 0.657. The molecule has 0 aromatic carbocycles. The van der Waals surface area contributed by atoms with E-state index in [0.29, 0.717) is 4.57 Å². The number of alkyl halides is 1. The molecule has 6 nitrogen and oxygen atoms in total. The van der Waals surface area contributed by atoms with Gasteiger partial charge in [-0.2, -0.15) is 0 Å². The minimum absolute atomic E-state index is 0.149. The maximum Gasteiger partial charge on any atom is 0.328 e. The zero-order valence-electron chi connectivity index (χ0n) is 12.3. The number of hydrogen-bond donors (Lipinski definition) is 3. The van der Waals surface area contributed by atoms with Gasteiger partial charge in [-0.1, -0.05) is 12.2 Å². The van der Waals surface area contributed by atoms with E-state index in [9.17, 15) is 19.4 Å². The second-order valence-electron chi connectivity index (χ2n) is 4.07. The van der Waals surface area contributed by atoms with Gasteiger partial charge >= 0.3 is 5.69 Å². The van der Waals surface area contributed by atoms with Crippen LogP contribution in [-0.4, -0.2) is 44.2 Å². The third-order valence-electron chi connectivity index (χ3n) is 2.79. The summed E-state index contributed by atoms with van der Waals surface area (Å²) in [5, 5.41) is 19.1. The molecule has 1 aliphatic rings. The highest BCUT2D eigenvalue weighted by atomic mass is 32.1. The number of aliphatic hydroxyl groups excluding tert-OH is 1. The maximum atomic E-state index is 14.6. The summed E-state index contributed by atoms with van der Waals surface area (Å²) >= 11 is 4.70. The summed E-state index contributed by atoms with van der Waals surface area (Å²) in [5.74, 6) is 0. The van der Waals surface area contributed by atoms with Gasteiger partial charge in [-0.3, -0.25) is 9.55 Å². The lowest BCUT2D eigenvalue weighted by molar-refractivity contribution is -0.0611. The van der Waals surface area contributed by atoms with Crippen LogP contribution >= 0.6 is 12.2 Å². The van der Waals surface area contributed by atoms with Crippen molar-refractivity contribution in [2.24, 2.45) is 0 Å². The Balaban J connectivity index is 2.53. The summed E-state index contributed by atoms with van der Waals surface area (Å²) in [4.78, 5) is 13.9. The number of aromatic nitrogens is 2. The van der Waals surface area contributed by atoms with Crippen LogP contribution in [0.25, 0.3) is 0 Å². The van der Waals surface area contributed by atoms with Crippen molar-refractivity contribution in [1.29, 1.82) is 0 Å². The molecule has 1 aromatic heterocycles. The van der Waals surface area contributed by atoms with Gasteiger partial charge in [0, 0.05) is 6.20 Å². The number of ether oxygens (including phenoxy) is 1. The Hall–Kier alpha value is -1.09. The van der Waals surface area contributed by atoms with Crippen LogP contribution in [-0.2, 0) is 4.74 Å². The summed E-state index contributed by atoms with van der Waals surface area (Å²) in [6.45, 7) is -2.09. The van der Waals surface area contributed by atoms with Crippen molar-refractivity contribution in [2.45, 2.75) is 31.0 Å². The van der Waals surface area contributed by atoms with Crippen LogP contribution in [0, 0.1) is 4.64 Å². The molecule has 1 saturated heterocycles. The van der Waals surface area contributed by atoms with Crippen LogP contribution in [0.5, 0.6) is 0 Å². The van der Waals surface area contributed by atoms with Crippen molar-refractivity contribution in [3.05, 3.63) is 27.4 Å². The number of aliphatic hydroxyl groups is 2. The fourth-order valence-corrected chi connectivity index (χ4v) is 1.93. The van der Waals surface area contributed by atoms with Gasteiger partial charge in [0.15, 0.2) is 11.9 Å². The van der Waals surface area contributed by atoms with Crippen LogP contribution in [0.1, 0.15) is 17.3 Å². The summed E-state index contributed by atoms with van der Waals surface area (Å²) in [7, 11) is 0. The SMILES string of the molecule is [2H]c1cn([C@@H]2O[C@H](C([2H])([2H])O)[C@H](O)C2(C)F)c(=O)[nH]c1=S. The summed E-state index contributed by atoms with van der Waals surface area (Å²) < 4.78 is 41.9. The molecular weight excluding hydrogens is 263 g/mol. The van der Waals surface area contributed by atoms with Gasteiger partial charge in [0.1, 0.15) is 16.8 Å². The van der Waals surface area contributed by atoms with E-state index in [1.165, 1.54) is 0 Å². The van der Waals surface area contributed by atoms with E-state index < -0.39 is 36.4 Å². The van der Waals surface area contributed by atoms with E-state index in [2.05, 4.69) is 4.98 Å². The molecule has 3 N–H and O–H groups in total. The fourth-order valence-electron chi connectivity index (χ4n) is 1.79. The van der Waals surface area contributed by atoms with Crippen molar-refractivity contribution in [1.82, 2.24) is 9.55 Å². The molecule has 1 aromatic rings. The van der Waals surface area contributed by atoms with Crippen molar-refractivity contribution < 1.29 is 23.5 Å². The molecule has 1 unspecified atom stereocenters. The largest absolute Gasteiger partial charge is 0.394 e. The molecular formula is C10H13FN2O4S. The molecule has 0 spiro atoms. The minimum Gasteiger partial charge on any atom is -0.394 e. The van der Waals surface area contributed by atoms with Crippen LogP contribution in [0.15, 0.2) is 17.0 Å². The number of hydrogen-bond acceptors (Lipinski definition) is 5. The predicted octanol–water partition coefficient (Wildman–Crippen LogP) is -0.115. The predicted molar refractivity (Wildman–Crippen MR) is 62.4 cm³/mol. The molecule has 0 radical (unpaired) electrons. The van der Waals surface area contributed by atoms with Crippen LogP contribution in [0.4, 0.5) is 4.39 Å². The Labute approximate surface area is 111 Å². The average Bonchev–Trinajstić information content (AvgIpc) is 2.56. The first-order valence-corrected chi connectivity index (χ1v) is 5.44. The number of rotatable bonds is 2. The Morgan fingerprint density at radius 3 is 3.11 bits per heavy atom. The molecule has 0 aliphatic carbocycles. The van der Waals surface area contributed by atoms with Crippen molar-refractivity contribution in [3.63, 3.8) is 0 Å². The lowest BCUT2D eigenvalue weighted by Crippen LogP contribution is -2.42. The van der Waals surface area contributed by atoms with Gasteiger partial charge in [-0.15, -0.1) is 0 Å². The molecule has 1 aliphatic heterocycles. The average molecular weight is 279 g/mol. The first-order chi connectivity index (χ1) is 9.46. The van der Waals surface area contributed by atoms with Gasteiger partial charge in [-0.05, 0) is 13.0 Å². The molecule has 18 heavy (non-hydrogen) atoms. The first-order valence-electron chi connectivity index (χ1n) is 6.53. The summed E-state index contributed by atoms with van der Waals surface area (Å²) in [5.41, 5.74) is -3.44. The second-order valence-corrected chi connectivity index (χ2v) is 4.48. The Morgan fingerprint density at radius 1 is 1.89 bits per heavy atom. The number of nitrogens with one attached hydrogen (secondary N) is 1. The standard InChI is InChI=1S/C10H13FN2O4S/c1-10(11)7(15)5(4-14)17-8(10)13-3-2-6(18)12-9(13)16/h2-3,5,7-8,14-15H,4H2,1H3,(H,12,16,18)/t5-,7+,8-,10?/m1/s1/i2D,4D2. The van der Waals surface area contributed by atoms with E-state index in [4.69, 9.17) is 21.1 Å². The molecule has 1 fully saturated rings. The van der Waals surface area contributed by atoms with Gasteiger partial charge in [-0.25, -0.2) is 9.18 Å². The van der Waals surface area contributed by atoms with Crippen LogP contribution < -0.4 is 5.69 Å². The first kappa shape index (κ1) is 9.79. The molecule has 0 saturated carbocycles. The minimum atomic E-state index is -3.00. The highest BCUT2D eigenvalue weighted by Gasteiger charge is 2.54. The van der Waals surface area contributed by atoms with Crippen molar-refractivity contribution in [3.8, 4) is 0 Å². The van der Waals surface area contributed by atoms with E-state index in [-0.39, 0.29) is 10.7 Å². The Bertz CT molecular complexity index is 671. The van der Waals surface area contributed by atoms with Crippen molar-refractivity contribution >= 4 is 12.2 Å². The second kappa shape index (κ2) is 4.54. The third-order valence-corrected chi connectivity index (χ3v) is 3.01. The Morgan fingerprint density at radius 2 is 2.56 bits per heavy atom. The lowest BCUT2D eigenvalue weighted by Gasteiger charge is -2.24. The van der Waals surface area contributed by atoms with Gasteiger partial charge in [0.2, 0.25) is 0 Å². The molecule has 2 heterocycles. The van der Waals surface area contributed by atoms with Crippen molar-refractivity contribution in [2.75, 3.05) is 6.56 Å². The molecule has 100 valence electrons. The van der Waals surface area contributed by atoms with Gasteiger partial charge < -0.3 is 14.9 Å². The van der Waals surface area contributed by atoms with Gasteiger partial charge in [0.05, 0.1) is 10.7 Å². The summed E-state index contributed by atoms with van der Waals surface area (Å²) in [6.07, 6.45) is -4.69. The monoisotopic (exact) mass is 279 g/mol. The lowest BCUT2D eigenvalue weighted by atomic mass is 9.98. The summed E-state index contributed by atoms with van der Waals surface area (Å²) in [6, 6.07) is -0.269. The number of halogens is 1. The molecule has 8 heteroatoms. The molecule has 4 atom stereocenters. The van der Waals surface area contributed by atoms with Crippen LogP contribution in [0.2, 0.25) is 0 Å². The van der Waals surface area contributed by atoms with E-state index in [0.717, 1.165) is 13.1 Å². The molecule has 0 bridgehead atoms. The highest BCUT2D eigenvalue weighted by molar-refractivity contribution is 7.71. The smallest absolute Gasteiger partial charge is 0.328 e. The highest BCUT2D eigenvalue weighted by Crippen LogP contribution is 2.40. The maximum absolute atomic E-state index is 14.6.